The second-order valence-electron chi connectivity index (χ2n) is 1.77. The minimum atomic E-state index is 0.956. The average Bonchev–Trinajstić information content (AvgIpc) is 2.44. The van der Waals surface area contributed by atoms with Gasteiger partial charge in [0.1, 0.15) is 0 Å². The lowest BCUT2D eigenvalue weighted by Crippen LogP contribution is -1.65. The molecule has 2 heteroatoms. The predicted molar refractivity (Wildman–Crippen MR) is 48.8 cm³/mol. The van der Waals surface area contributed by atoms with Gasteiger partial charge in [0, 0.05) is 0 Å². The Bertz CT molecular complexity index is 92.3. The van der Waals surface area contributed by atoms with Crippen LogP contribution in [0.15, 0.2) is 7.66 Å². The van der Waals surface area contributed by atoms with Crippen LogP contribution in [0.2, 0.25) is 0 Å². The number of hydrogen-bond acceptors (Lipinski definition) is 0. The van der Waals surface area contributed by atoms with Gasteiger partial charge in [-0.25, -0.2) is 0 Å². The summed E-state index contributed by atoms with van der Waals surface area (Å²) in [6, 6.07) is 0. The minimum Gasteiger partial charge on any atom is -0.0522 e. The number of hydrogen-bond donors (Lipinski definition) is 0. The monoisotopic (exact) mass is 320 g/mol. The molecule has 0 aromatic rings. The summed E-state index contributed by atoms with van der Waals surface area (Å²) in [4.78, 5) is 0. The molecule has 1 aliphatic rings. The maximum Gasteiger partial charge on any atom is -0.000252 e. The smallest absolute Gasteiger partial charge is 0.000252 e. The van der Waals surface area contributed by atoms with Crippen LogP contribution in [0.5, 0.6) is 0 Å². The van der Waals surface area contributed by atoms with E-state index in [9.17, 15) is 0 Å². The maximum atomic E-state index is 2.41. The van der Waals surface area contributed by atoms with Crippen molar-refractivity contribution in [3.63, 3.8) is 0 Å². The topological polar surface area (TPSA) is 0 Å². The summed E-state index contributed by atoms with van der Waals surface area (Å²) in [6.45, 7) is 0. The molecule has 0 spiro atoms. The molecule has 1 fully saturated rings. The normalized spacial score (nSPS) is 22.9. The Kier molecular flexibility index (Phi) is 2.40. The van der Waals surface area contributed by atoms with Crippen molar-refractivity contribution in [2.24, 2.45) is 5.92 Å². The van der Waals surface area contributed by atoms with E-state index in [1.807, 2.05) is 0 Å². The summed E-state index contributed by atoms with van der Waals surface area (Å²) in [6.07, 6.45) is 2.86. The standard InChI is InChI=1S/C5H6I2/c6-3-5(7)4-1-2-4/h3-4H,1-2H2/b5-3-. The Morgan fingerprint density at radius 1 is 1.57 bits per heavy atom. The number of rotatable bonds is 1. The zero-order valence-corrected chi connectivity index (χ0v) is 8.14. The van der Waals surface area contributed by atoms with Gasteiger partial charge in [0.25, 0.3) is 0 Å². The van der Waals surface area contributed by atoms with Crippen molar-refractivity contribution in [1.82, 2.24) is 0 Å². The molecular weight excluding hydrogens is 314 g/mol. The molecule has 0 saturated heterocycles. The summed E-state index contributed by atoms with van der Waals surface area (Å²) >= 11 is 4.71. The van der Waals surface area contributed by atoms with Gasteiger partial charge in [-0.15, -0.1) is 0 Å². The summed E-state index contributed by atoms with van der Waals surface area (Å²) < 4.78 is 3.72. The third kappa shape index (κ3) is 1.87. The molecule has 0 atom stereocenters. The molecule has 1 aliphatic carbocycles. The van der Waals surface area contributed by atoms with E-state index in [-0.39, 0.29) is 0 Å². The fraction of sp³-hybridized carbons (Fsp3) is 0.600. The van der Waals surface area contributed by atoms with Gasteiger partial charge in [-0.1, -0.05) is 22.6 Å². The molecule has 0 aromatic heterocycles. The first kappa shape index (κ1) is 6.32. The summed E-state index contributed by atoms with van der Waals surface area (Å²) in [5, 5.41) is 0. The van der Waals surface area contributed by atoms with Crippen LogP contribution in [-0.2, 0) is 0 Å². The number of halogens is 2. The molecule has 0 bridgehead atoms. The molecule has 7 heavy (non-hydrogen) atoms. The first-order chi connectivity index (χ1) is 3.34. The van der Waals surface area contributed by atoms with Gasteiger partial charge in [-0.2, -0.15) is 0 Å². The van der Waals surface area contributed by atoms with E-state index in [1.54, 1.807) is 3.58 Å². The molecule has 0 radical (unpaired) electrons. The lowest BCUT2D eigenvalue weighted by atomic mass is 10.4. The van der Waals surface area contributed by atoms with Crippen LogP contribution in [0.25, 0.3) is 0 Å². The fourth-order valence-corrected chi connectivity index (χ4v) is 1.58. The van der Waals surface area contributed by atoms with Crippen LogP contribution in [0.1, 0.15) is 12.8 Å². The zero-order valence-electron chi connectivity index (χ0n) is 3.82. The van der Waals surface area contributed by atoms with Crippen LogP contribution >= 0.6 is 45.2 Å². The molecule has 0 N–H and O–H groups in total. The molecule has 40 valence electrons. The highest BCUT2D eigenvalue weighted by Crippen LogP contribution is 2.40. The highest BCUT2D eigenvalue weighted by atomic mass is 127. The Balaban J connectivity index is 2.37. The highest BCUT2D eigenvalue weighted by Gasteiger charge is 2.23. The molecule has 0 amide bonds. The molecule has 0 aliphatic heterocycles. The van der Waals surface area contributed by atoms with Gasteiger partial charge < -0.3 is 0 Å². The van der Waals surface area contributed by atoms with Gasteiger partial charge in [0.2, 0.25) is 0 Å². The molecule has 1 rings (SSSR count). The average molecular weight is 320 g/mol. The lowest BCUT2D eigenvalue weighted by molar-refractivity contribution is 1.12. The van der Waals surface area contributed by atoms with Crippen LogP contribution < -0.4 is 0 Å². The molecular formula is C5H6I2. The third-order valence-corrected chi connectivity index (χ3v) is 4.13. The van der Waals surface area contributed by atoms with Crippen molar-refractivity contribution in [1.29, 1.82) is 0 Å². The van der Waals surface area contributed by atoms with E-state index in [0.717, 1.165) is 5.92 Å². The first-order valence-electron chi connectivity index (χ1n) is 2.30. The predicted octanol–water partition coefficient (Wildman–Crippen LogP) is 3.11. The van der Waals surface area contributed by atoms with Crippen LogP contribution in [-0.4, -0.2) is 0 Å². The van der Waals surface area contributed by atoms with Crippen LogP contribution in [0.3, 0.4) is 0 Å². The summed E-state index contributed by atoms with van der Waals surface area (Å²) in [5.74, 6) is 0.956. The molecule has 1 saturated carbocycles. The van der Waals surface area contributed by atoms with E-state index in [2.05, 4.69) is 49.3 Å². The van der Waals surface area contributed by atoms with Crippen molar-refractivity contribution < 1.29 is 0 Å². The highest BCUT2D eigenvalue weighted by molar-refractivity contribution is 14.1. The second-order valence-corrected chi connectivity index (χ2v) is 3.64. The lowest BCUT2D eigenvalue weighted by Gasteiger charge is -1.84. The quantitative estimate of drug-likeness (QED) is 0.652. The number of allylic oxidation sites excluding steroid dienone is 1. The van der Waals surface area contributed by atoms with E-state index in [0.29, 0.717) is 0 Å². The van der Waals surface area contributed by atoms with E-state index >= 15 is 0 Å². The Morgan fingerprint density at radius 2 is 2.14 bits per heavy atom. The SMILES string of the molecule is I/C=C(\I)C1CC1. The van der Waals surface area contributed by atoms with Crippen molar-refractivity contribution in [3.05, 3.63) is 7.66 Å². The van der Waals surface area contributed by atoms with Crippen molar-refractivity contribution >= 4 is 45.2 Å². The maximum absolute atomic E-state index is 2.41. The van der Waals surface area contributed by atoms with Gasteiger partial charge in [-0.05, 0) is 49.0 Å². The molecule has 0 aromatic carbocycles. The zero-order chi connectivity index (χ0) is 5.28. The summed E-state index contributed by atoms with van der Waals surface area (Å²) in [5.41, 5.74) is 0. The van der Waals surface area contributed by atoms with Crippen molar-refractivity contribution in [3.8, 4) is 0 Å². The Morgan fingerprint density at radius 3 is 2.29 bits per heavy atom. The molecule has 0 nitrogen and oxygen atoms in total. The second kappa shape index (κ2) is 2.66. The van der Waals surface area contributed by atoms with Crippen LogP contribution in [0.4, 0.5) is 0 Å². The molecule has 0 heterocycles. The van der Waals surface area contributed by atoms with E-state index in [1.165, 1.54) is 12.8 Å². The van der Waals surface area contributed by atoms with Crippen molar-refractivity contribution in [2.45, 2.75) is 12.8 Å². The van der Waals surface area contributed by atoms with Gasteiger partial charge in [0.05, 0.1) is 0 Å². The summed E-state index contributed by atoms with van der Waals surface area (Å²) in [7, 11) is 0. The Hall–Kier alpha value is 1.20. The van der Waals surface area contributed by atoms with Crippen molar-refractivity contribution in [2.75, 3.05) is 0 Å². The fourth-order valence-electron chi connectivity index (χ4n) is 0.448. The molecule has 0 unspecified atom stereocenters. The largest absolute Gasteiger partial charge is 0.0522 e. The Labute approximate surface area is 71.0 Å². The minimum absolute atomic E-state index is 0.956. The van der Waals surface area contributed by atoms with Gasteiger partial charge in [-0.3, -0.25) is 0 Å². The van der Waals surface area contributed by atoms with Crippen LogP contribution in [0, 0.1) is 5.92 Å². The van der Waals surface area contributed by atoms with E-state index in [4.69, 9.17) is 0 Å². The first-order valence-corrected chi connectivity index (χ1v) is 4.63. The third-order valence-electron chi connectivity index (χ3n) is 1.07. The van der Waals surface area contributed by atoms with Gasteiger partial charge in [0.15, 0.2) is 0 Å². The van der Waals surface area contributed by atoms with Gasteiger partial charge >= 0.3 is 0 Å². The van der Waals surface area contributed by atoms with E-state index < -0.39 is 0 Å².